The minimum atomic E-state index is -0.170. The van der Waals surface area contributed by atoms with Crippen LogP contribution in [0.4, 0.5) is 0 Å². The van der Waals surface area contributed by atoms with Gasteiger partial charge in [0.15, 0.2) is 0 Å². The molecular formula is C47H34N6. The maximum Gasteiger partial charge on any atom is 0.145 e. The van der Waals surface area contributed by atoms with Crippen LogP contribution in [0.1, 0.15) is 29.0 Å². The number of hydrogen-bond donors (Lipinski definition) is 2. The molecular weight excluding hydrogens is 649 g/mol. The Morgan fingerprint density at radius 1 is 0.472 bits per heavy atom. The molecule has 0 aliphatic carbocycles. The molecule has 0 fully saturated rings. The Balaban J connectivity index is 1.02. The summed E-state index contributed by atoms with van der Waals surface area (Å²) in [4.78, 5) is 15.2. The first-order chi connectivity index (χ1) is 26.3. The summed E-state index contributed by atoms with van der Waals surface area (Å²) in [7, 11) is 0. The van der Waals surface area contributed by atoms with Gasteiger partial charge in [0.2, 0.25) is 0 Å². The number of pyridine rings is 1. The quantitative estimate of drug-likeness (QED) is 0.171. The second kappa shape index (κ2) is 13.0. The Kier molecular flexibility index (Phi) is 7.59. The number of rotatable bonds is 6. The van der Waals surface area contributed by atoms with Crippen LogP contribution in [0.5, 0.6) is 0 Å². The molecule has 2 atom stereocenters. The Morgan fingerprint density at radius 2 is 1.08 bits per heavy atom. The summed E-state index contributed by atoms with van der Waals surface area (Å²) in [5.41, 5.74) is 10.7. The number of amidine groups is 1. The normalized spacial score (nSPS) is 15.7. The first-order valence-corrected chi connectivity index (χ1v) is 17.9. The summed E-state index contributed by atoms with van der Waals surface area (Å²) in [6, 6.07) is 61.4. The molecule has 53 heavy (non-hydrogen) atoms. The Morgan fingerprint density at radius 3 is 1.79 bits per heavy atom. The number of imidazole rings is 1. The number of hydrogen-bond acceptors (Lipinski definition) is 5. The Labute approximate surface area is 307 Å². The molecule has 6 heteroatoms. The standard InChI is InChI=1S/C47H34N6/c1-4-13-33(14-5-1)44-50-45(34-15-6-2-7-16-34)52-46(51-44)35-24-22-31(23-25-35)32-26-28-37(29-27-32)53-43-39-20-11-10-19-38(39)41-40(21-12-30-48-41)42(43)49-47(53)36-17-8-3-9-18-36/h1-30,44,46,51H,(H,50,52). The molecule has 9 aromatic rings. The van der Waals surface area contributed by atoms with E-state index in [4.69, 9.17) is 15.0 Å². The third-order valence-corrected chi connectivity index (χ3v) is 10.1. The molecule has 1 aliphatic rings. The van der Waals surface area contributed by atoms with Crippen LogP contribution in [0, 0.1) is 0 Å². The molecule has 10 rings (SSSR count). The van der Waals surface area contributed by atoms with Gasteiger partial charge in [-0.3, -0.25) is 14.9 Å². The average molecular weight is 683 g/mol. The number of nitrogens with zero attached hydrogens (tertiary/aromatic N) is 4. The van der Waals surface area contributed by atoms with E-state index in [1.807, 2.05) is 42.6 Å². The molecule has 0 saturated heterocycles. The third kappa shape index (κ3) is 5.53. The van der Waals surface area contributed by atoms with Crippen LogP contribution in [0.25, 0.3) is 60.9 Å². The van der Waals surface area contributed by atoms with Crippen molar-refractivity contribution in [3.05, 3.63) is 199 Å². The average Bonchev–Trinajstić information content (AvgIpc) is 3.66. The van der Waals surface area contributed by atoms with E-state index >= 15 is 0 Å². The number of fused-ring (bicyclic) bond motifs is 6. The van der Waals surface area contributed by atoms with Crippen LogP contribution >= 0.6 is 0 Å². The highest BCUT2D eigenvalue weighted by Crippen LogP contribution is 2.39. The molecule has 0 amide bonds. The van der Waals surface area contributed by atoms with E-state index in [9.17, 15) is 0 Å². The molecule has 7 aromatic carbocycles. The topological polar surface area (TPSA) is 67.1 Å². The summed E-state index contributed by atoms with van der Waals surface area (Å²) in [5, 5.41) is 10.7. The molecule has 0 spiro atoms. The highest BCUT2D eigenvalue weighted by molar-refractivity contribution is 6.23. The van der Waals surface area contributed by atoms with Gasteiger partial charge in [0.05, 0.1) is 16.6 Å². The van der Waals surface area contributed by atoms with Gasteiger partial charge in [-0.1, -0.05) is 152 Å². The smallest absolute Gasteiger partial charge is 0.145 e. The van der Waals surface area contributed by atoms with Gasteiger partial charge in [0, 0.05) is 39.2 Å². The van der Waals surface area contributed by atoms with Crippen molar-refractivity contribution in [3.8, 4) is 28.2 Å². The van der Waals surface area contributed by atoms with Crippen LogP contribution in [0.15, 0.2) is 187 Å². The van der Waals surface area contributed by atoms with Crippen LogP contribution in [-0.4, -0.2) is 20.4 Å². The van der Waals surface area contributed by atoms with Gasteiger partial charge in [-0.25, -0.2) is 9.98 Å². The first kappa shape index (κ1) is 30.9. The van der Waals surface area contributed by atoms with E-state index in [1.54, 1.807) is 0 Å². The number of aliphatic imine (C=N–C) groups is 1. The molecule has 6 nitrogen and oxygen atoms in total. The summed E-state index contributed by atoms with van der Waals surface area (Å²) < 4.78 is 2.31. The Bertz CT molecular complexity index is 2760. The summed E-state index contributed by atoms with van der Waals surface area (Å²) in [6.45, 7) is 0. The van der Waals surface area contributed by atoms with E-state index in [1.165, 1.54) is 0 Å². The van der Waals surface area contributed by atoms with Gasteiger partial charge in [-0.05, 0) is 46.5 Å². The lowest BCUT2D eigenvalue weighted by atomic mass is 10.0. The van der Waals surface area contributed by atoms with Gasteiger partial charge in [-0.15, -0.1) is 0 Å². The number of nitrogens with one attached hydrogen (secondary N) is 2. The third-order valence-electron chi connectivity index (χ3n) is 10.1. The second-order valence-corrected chi connectivity index (χ2v) is 13.3. The van der Waals surface area contributed by atoms with Gasteiger partial charge in [-0.2, -0.15) is 0 Å². The monoisotopic (exact) mass is 682 g/mol. The lowest BCUT2D eigenvalue weighted by Gasteiger charge is -2.32. The molecule has 0 saturated carbocycles. The van der Waals surface area contributed by atoms with Gasteiger partial charge in [0.25, 0.3) is 0 Å². The number of benzene rings is 7. The van der Waals surface area contributed by atoms with E-state index in [0.717, 1.165) is 83.4 Å². The van der Waals surface area contributed by atoms with Crippen LogP contribution in [-0.2, 0) is 0 Å². The van der Waals surface area contributed by atoms with Crippen molar-refractivity contribution in [2.45, 2.75) is 12.3 Å². The highest BCUT2D eigenvalue weighted by atomic mass is 15.3. The minimum absolute atomic E-state index is 0.114. The van der Waals surface area contributed by atoms with Crippen molar-refractivity contribution in [3.63, 3.8) is 0 Å². The van der Waals surface area contributed by atoms with E-state index in [2.05, 4.69) is 155 Å². The zero-order valence-corrected chi connectivity index (χ0v) is 28.8. The lowest BCUT2D eigenvalue weighted by Crippen LogP contribution is -2.44. The SMILES string of the molecule is c1ccc(C2=NC(c3ccccc3)NC(c3ccc(-c4ccc(-n5c(-c6ccccc6)nc6c7cccnc7c7ccccc7c65)cc4)cc3)N2)cc1. The summed E-state index contributed by atoms with van der Waals surface area (Å²) in [6.07, 6.45) is 1.58. The largest absolute Gasteiger partial charge is 0.350 e. The molecule has 1 aliphatic heterocycles. The summed E-state index contributed by atoms with van der Waals surface area (Å²) >= 11 is 0. The Hall–Kier alpha value is -6.89. The molecule has 252 valence electrons. The lowest BCUT2D eigenvalue weighted by molar-refractivity contribution is 0.409. The van der Waals surface area contributed by atoms with Crippen molar-refractivity contribution < 1.29 is 0 Å². The predicted octanol–water partition coefficient (Wildman–Crippen LogP) is 10.4. The highest BCUT2D eigenvalue weighted by Gasteiger charge is 2.25. The van der Waals surface area contributed by atoms with Crippen molar-refractivity contribution in [1.29, 1.82) is 0 Å². The fourth-order valence-electron chi connectivity index (χ4n) is 7.55. The van der Waals surface area contributed by atoms with Gasteiger partial charge < -0.3 is 5.32 Å². The van der Waals surface area contributed by atoms with Gasteiger partial charge >= 0.3 is 0 Å². The fourth-order valence-corrected chi connectivity index (χ4v) is 7.55. The minimum Gasteiger partial charge on any atom is -0.350 e. The molecule has 3 heterocycles. The molecule has 2 N–H and O–H groups in total. The maximum absolute atomic E-state index is 5.32. The molecule has 0 bridgehead atoms. The van der Waals surface area contributed by atoms with E-state index in [0.29, 0.717) is 0 Å². The van der Waals surface area contributed by atoms with Crippen LogP contribution < -0.4 is 10.6 Å². The van der Waals surface area contributed by atoms with E-state index < -0.39 is 0 Å². The van der Waals surface area contributed by atoms with Crippen molar-refractivity contribution >= 4 is 38.5 Å². The van der Waals surface area contributed by atoms with Crippen molar-refractivity contribution in [1.82, 2.24) is 25.2 Å². The molecule has 2 unspecified atom stereocenters. The zero-order chi connectivity index (χ0) is 35.1. The fraction of sp³-hybridized carbons (Fsp3) is 0.0426. The zero-order valence-electron chi connectivity index (χ0n) is 28.8. The van der Waals surface area contributed by atoms with Gasteiger partial charge in [0.1, 0.15) is 24.0 Å². The molecule has 2 aromatic heterocycles. The van der Waals surface area contributed by atoms with Crippen molar-refractivity contribution in [2.75, 3.05) is 0 Å². The molecule has 0 radical (unpaired) electrons. The first-order valence-electron chi connectivity index (χ1n) is 17.9. The number of aromatic nitrogens is 3. The van der Waals surface area contributed by atoms with E-state index in [-0.39, 0.29) is 12.3 Å². The van der Waals surface area contributed by atoms with Crippen molar-refractivity contribution in [2.24, 2.45) is 4.99 Å². The predicted molar refractivity (Wildman–Crippen MR) is 216 cm³/mol. The maximum atomic E-state index is 5.32. The summed E-state index contributed by atoms with van der Waals surface area (Å²) in [5.74, 6) is 1.78. The van der Waals surface area contributed by atoms with Crippen LogP contribution in [0.3, 0.4) is 0 Å². The van der Waals surface area contributed by atoms with Crippen LogP contribution in [0.2, 0.25) is 0 Å². The second-order valence-electron chi connectivity index (χ2n) is 13.3.